The van der Waals surface area contributed by atoms with Crippen molar-refractivity contribution in [3.63, 3.8) is 0 Å². The number of rotatable bonds is 9. The summed E-state index contributed by atoms with van der Waals surface area (Å²) in [4.78, 5) is 10.5. The predicted molar refractivity (Wildman–Crippen MR) is 103 cm³/mol. The van der Waals surface area contributed by atoms with Gasteiger partial charge in [-0.05, 0) is 48.3 Å². The molecule has 0 aliphatic carbocycles. The summed E-state index contributed by atoms with van der Waals surface area (Å²) >= 11 is 0. The van der Waals surface area contributed by atoms with Crippen LogP contribution in [0.25, 0.3) is 0 Å². The summed E-state index contributed by atoms with van der Waals surface area (Å²) in [7, 11) is -3.55. The maximum Gasteiger partial charge on any atom is 0.217 e. The van der Waals surface area contributed by atoms with Crippen molar-refractivity contribution in [2.24, 2.45) is 17.0 Å². The molecular formula is C19H30N2O4S. The summed E-state index contributed by atoms with van der Waals surface area (Å²) in [5.41, 5.74) is 1.28. The molecular weight excluding hydrogens is 352 g/mol. The number of sulfonamides is 1. The van der Waals surface area contributed by atoms with Gasteiger partial charge in [0.1, 0.15) is 0 Å². The minimum Gasteiger partial charge on any atom is -0.369 e. The highest BCUT2D eigenvalue weighted by Crippen LogP contribution is 2.28. The van der Waals surface area contributed by atoms with E-state index >= 15 is 0 Å². The van der Waals surface area contributed by atoms with Gasteiger partial charge < -0.3 is 5.11 Å². The number of piperidine rings is 1. The maximum atomic E-state index is 13.0. The monoisotopic (exact) mass is 382 g/mol. The molecule has 2 rings (SSSR count). The number of nitroso groups, excluding NO2 is 1. The van der Waals surface area contributed by atoms with Crippen LogP contribution in [0.4, 0.5) is 0 Å². The van der Waals surface area contributed by atoms with Crippen LogP contribution in [0.5, 0.6) is 0 Å². The van der Waals surface area contributed by atoms with Crippen LogP contribution in [0.3, 0.4) is 0 Å². The molecule has 1 fully saturated rings. The fourth-order valence-corrected chi connectivity index (χ4v) is 5.85. The van der Waals surface area contributed by atoms with Crippen LogP contribution in [-0.4, -0.2) is 42.4 Å². The van der Waals surface area contributed by atoms with Crippen molar-refractivity contribution in [2.75, 3.05) is 13.1 Å². The third-order valence-corrected chi connectivity index (χ3v) is 7.36. The minimum atomic E-state index is -3.55. The first kappa shape index (κ1) is 21.0. The number of hydrogen-bond donors (Lipinski definition) is 1. The van der Waals surface area contributed by atoms with Crippen molar-refractivity contribution < 1.29 is 13.5 Å². The molecule has 2 atom stereocenters. The summed E-state index contributed by atoms with van der Waals surface area (Å²) in [5.74, 6) is 0.638. The van der Waals surface area contributed by atoms with Crippen molar-refractivity contribution in [3.8, 4) is 0 Å². The molecule has 6 nitrogen and oxygen atoms in total. The highest BCUT2D eigenvalue weighted by molar-refractivity contribution is 7.89. The number of benzene rings is 1. The highest BCUT2D eigenvalue weighted by Gasteiger charge is 2.36. The van der Waals surface area contributed by atoms with Gasteiger partial charge in [-0.2, -0.15) is 0 Å². The van der Waals surface area contributed by atoms with Gasteiger partial charge in [-0.3, -0.25) is 0 Å². The van der Waals surface area contributed by atoms with E-state index in [0.29, 0.717) is 25.4 Å². The Morgan fingerprint density at radius 3 is 2.31 bits per heavy atom. The molecule has 7 heteroatoms. The lowest BCUT2D eigenvalue weighted by Gasteiger charge is -2.34. The highest BCUT2D eigenvalue weighted by atomic mass is 32.2. The quantitative estimate of drug-likeness (QED) is 0.665. The van der Waals surface area contributed by atoms with Crippen LogP contribution < -0.4 is 0 Å². The molecule has 146 valence electrons. The zero-order chi connectivity index (χ0) is 19.2. The second kappa shape index (κ2) is 9.58. The molecule has 2 unspecified atom stereocenters. The Bertz CT molecular complexity index is 655. The topological polar surface area (TPSA) is 87.0 Å². The van der Waals surface area contributed by atoms with E-state index in [1.54, 1.807) is 4.31 Å². The van der Waals surface area contributed by atoms with Gasteiger partial charge in [-0.25, -0.2) is 12.7 Å². The van der Waals surface area contributed by atoms with Crippen LogP contribution in [0, 0.1) is 16.7 Å². The first-order chi connectivity index (χ1) is 12.3. The van der Waals surface area contributed by atoms with Gasteiger partial charge in [-0.15, -0.1) is 4.91 Å². The van der Waals surface area contributed by atoms with Gasteiger partial charge in [0.05, 0.1) is 5.25 Å². The Hall–Kier alpha value is -1.31. The van der Waals surface area contributed by atoms with Crippen molar-refractivity contribution in [2.45, 2.75) is 57.4 Å². The second-order valence-electron chi connectivity index (χ2n) is 7.65. The summed E-state index contributed by atoms with van der Waals surface area (Å²) in [6.45, 7) is 4.88. The van der Waals surface area contributed by atoms with Gasteiger partial charge in [0.2, 0.25) is 10.0 Å². The van der Waals surface area contributed by atoms with Crippen LogP contribution in [0.2, 0.25) is 0 Å². The molecule has 0 radical (unpaired) electrons. The molecule has 0 aromatic heterocycles. The Kier molecular flexibility index (Phi) is 7.73. The van der Waals surface area contributed by atoms with Gasteiger partial charge in [0.15, 0.2) is 6.23 Å². The van der Waals surface area contributed by atoms with E-state index in [4.69, 9.17) is 0 Å². The first-order valence-corrected chi connectivity index (χ1v) is 10.9. The molecule has 1 N–H and O–H groups in total. The molecule has 1 saturated heterocycles. The molecule has 1 aliphatic rings. The normalized spacial score (nSPS) is 19.4. The average Bonchev–Trinajstić information content (AvgIpc) is 2.62. The first-order valence-electron chi connectivity index (χ1n) is 9.36. The van der Waals surface area contributed by atoms with E-state index in [9.17, 15) is 18.4 Å². The number of aliphatic hydroxyl groups is 1. The molecule has 1 aliphatic heterocycles. The van der Waals surface area contributed by atoms with Gasteiger partial charge in [0, 0.05) is 19.5 Å². The fourth-order valence-electron chi connectivity index (χ4n) is 3.67. The summed E-state index contributed by atoms with van der Waals surface area (Å²) in [5, 5.41) is 11.4. The van der Waals surface area contributed by atoms with Crippen LogP contribution >= 0.6 is 0 Å². The lowest BCUT2D eigenvalue weighted by molar-refractivity contribution is 0.166. The van der Waals surface area contributed by atoms with Gasteiger partial charge in [0.25, 0.3) is 0 Å². The SMILES string of the molecule is CC(C)CC(CC(O)N=O)S(=O)(=O)N1CCC(Cc2ccccc2)CC1. The lowest BCUT2D eigenvalue weighted by Crippen LogP contribution is -2.45. The van der Waals surface area contributed by atoms with E-state index in [2.05, 4.69) is 17.3 Å². The Morgan fingerprint density at radius 2 is 1.77 bits per heavy atom. The van der Waals surface area contributed by atoms with E-state index in [1.807, 2.05) is 32.0 Å². The molecule has 0 amide bonds. The van der Waals surface area contributed by atoms with Crippen LogP contribution in [0.15, 0.2) is 35.5 Å². The number of hydrogen-bond acceptors (Lipinski definition) is 5. The number of nitrogens with zero attached hydrogens (tertiary/aromatic N) is 2. The third-order valence-electron chi connectivity index (χ3n) is 5.05. The van der Waals surface area contributed by atoms with Crippen molar-refractivity contribution in [1.82, 2.24) is 4.31 Å². The van der Waals surface area contributed by atoms with Crippen molar-refractivity contribution >= 4 is 10.0 Å². The summed E-state index contributed by atoms with van der Waals surface area (Å²) < 4.78 is 27.6. The molecule has 26 heavy (non-hydrogen) atoms. The standard InChI is InChI=1S/C19H30N2O4S/c1-15(2)12-18(14-19(22)20-23)26(24,25)21-10-8-17(9-11-21)13-16-6-4-3-5-7-16/h3-7,15,17-19,22H,8-14H2,1-2H3. The Balaban J connectivity index is 1.98. The largest absolute Gasteiger partial charge is 0.369 e. The zero-order valence-corrected chi connectivity index (χ0v) is 16.4. The van der Waals surface area contributed by atoms with E-state index in [0.717, 1.165) is 19.3 Å². The lowest BCUT2D eigenvalue weighted by atomic mass is 9.91. The van der Waals surface area contributed by atoms with E-state index < -0.39 is 21.5 Å². The molecule has 1 aromatic carbocycles. The van der Waals surface area contributed by atoms with Crippen LogP contribution in [-0.2, 0) is 16.4 Å². The number of aliphatic hydroxyl groups excluding tert-OH is 1. The second-order valence-corrected chi connectivity index (χ2v) is 9.86. The minimum absolute atomic E-state index is 0.131. The smallest absolute Gasteiger partial charge is 0.217 e. The Labute approximate surface area is 156 Å². The zero-order valence-electron chi connectivity index (χ0n) is 15.6. The van der Waals surface area contributed by atoms with E-state index in [1.165, 1.54) is 5.56 Å². The van der Waals surface area contributed by atoms with Gasteiger partial charge in [-0.1, -0.05) is 44.2 Å². The molecule has 0 bridgehead atoms. The fraction of sp³-hybridized carbons (Fsp3) is 0.684. The molecule has 1 aromatic rings. The van der Waals surface area contributed by atoms with Crippen molar-refractivity contribution in [3.05, 3.63) is 40.8 Å². The van der Waals surface area contributed by atoms with Gasteiger partial charge >= 0.3 is 0 Å². The Morgan fingerprint density at radius 1 is 1.15 bits per heavy atom. The van der Waals surface area contributed by atoms with Crippen molar-refractivity contribution in [1.29, 1.82) is 0 Å². The van der Waals surface area contributed by atoms with Crippen LogP contribution in [0.1, 0.15) is 45.1 Å². The summed E-state index contributed by atoms with van der Waals surface area (Å²) in [6, 6.07) is 10.3. The van der Waals surface area contributed by atoms with E-state index in [-0.39, 0.29) is 12.3 Å². The molecule has 0 saturated carbocycles. The maximum absolute atomic E-state index is 13.0. The predicted octanol–water partition coefficient (Wildman–Crippen LogP) is 3.16. The third kappa shape index (κ3) is 5.86. The molecule has 1 heterocycles. The average molecular weight is 383 g/mol. The summed E-state index contributed by atoms with van der Waals surface area (Å²) in [6.07, 6.45) is 1.45. The molecule has 0 spiro atoms.